The molecule has 0 aliphatic heterocycles. The molecule has 0 spiro atoms. The van der Waals surface area contributed by atoms with Gasteiger partial charge in [-0.1, -0.05) is 328 Å². The lowest BCUT2D eigenvalue weighted by Gasteiger charge is -2.18. The highest BCUT2D eigenvalue weighted by atomic mass is 16.6. The molecule has 1 unspecified atom stereocenters. The largest absolute Gasteiger partial charge is 0.462 e. The Bertz CT molecular complexity index is 1180. The second-order valence-corrected chi connectivity index (χ2v) is 22.4. The molecular weight excluding hydrogens is 901 g/mol. The van der Waals surface area contributed by atoms with Crippen molar-refractivity contribution in [3.05, 3.63) is 24.3 Å². The lowest BCUT2D eigenvalue weighted by atomic mass is 10.0. The molecule has 0 heterocycles. The van der Waals surface area contributed by atoms with Crippen molar-refractivity contribution in [1.82, 2.24) is 0 Å². The summed E-state index contributed by atoms with van der Waals surface area (Å²) in [6, 6.07) is 0. The summed E-state index contributed by atoms with van der Waals surface area (Å²) in [4.78, 5) is 38.3. The Hall–Kier alpha value is -2.11. The van der Waals surface area contributed by atoms with E-state index in [1.807, 2.05) is 0 Å². The Labute approximate surface area is 455 Å². The molecule has 0 fully saturated rings. The Morgan fingerprint density at radius 3 is 0.808 bits per heavy atom. The van der Waals surface area contributed by atoms with Gasteiger partial charge in [-0.25, -0.2) is 0 Å². The van der Waals surface area contributed by atoms with Gasteiger partial charge >= 0.3 is 17.9 Å². The molecule has 0 saturated heterocycles. The van der Waals surface area contributed by atoms with Crippen molar-refractivity contribution in [3.8, 4) is 0 Å². The minimum absolute atomic E-state index is 0.0696. The van der Waals surface area contributed by atoms with E-state index in [2.05, 4.69) is 45.1 Å². The quantitative estimate of drug-likeness (QED) is 0.0261. The molecule has 0 bridgehead atoms. The molecular formula is C67H126O6. The molecule has 0 aliphatic rings. The van der Waals surface area contributed by atoms with Gasteiger partial charge in [0.15, 0.2) is 6.10 Å². The van der Waals surface area contributed by atoms with Gasteiger partial charge in [0.25, 0.3) is 0 Å². The van der Waals surface area contributed by atoms with E-state index in [0.29, 0.717) is 19.3 Å². The van der Waals surface area contributed by atoms with E-state index in [0.717, 1.165) is 83.5 Å². The van der Waals surface area contributed by atoms with Gasteiger partial charge in [-0.2, -0.15) is 0 Å². The van der Waals surface area contributed by atoms with E-state index in [4.69, 9.17) is 14.2 Å². The summed E-state index contributed by atoms with van der Waals surface area (Å²) in [6.07, 6.45) is 74.8. The number of carbonyl (C=O) groups excluding carboxylic acids is 3. The third-order valence-corrected chi connectivity index (χ3v) is 14.9. The number of carbonyl (C=O) groups is 3. The molecule has 6 heteroatoms. The number of ether oxygens (including phenoxy) is 3. The minimum atomic E-state index is -0.773. The summed E-state index contributed by atoms with van der Waals surface area (Å²) in [7, 11) is 0. The number of allylic oxidation sites excluding steroid dienone is 4. The van der Waals surface area contributed by atoms with Gasteiger partial charge in [0.1, 0.15) is 13.2 Å². The Morgan fingerprint density at radius 1 is 0.274 bits per heavy atom. The van der Waals surface area contributed by atoms with E-state index in [1.54, 1.807) is 0 Å². The molecule has 430 valence electrons. The van der Waals surface area contributed by atoms with Gasteiger partial charge in [0.2, 0.25) is 0 Å². The van der Waals surface area contributed by atoms with Crippen LogP contribution in [0.15, 0.2) is 24.3 Å². The average Bonchev–Trinajstić information content (AvgIpc) is 3.39. The van der Waals surface area contributed by atoms with Crippen molar-refractivity contribution < 1.29 is 28.6 Å². The Kier molecular flexibility index (Phi) is 60.6. The minimum Gasteiger partial charge on any atom is -0.462 e. The third-order valence-electron chi connectivity index (χ3n) is 14.9. The number of unbranched alkanes of at least 4 members (excludes halogenated alkanes) is 46. The van der Waals surface area contributed by atoms with E-state index in [1.165, 1.54) is 244 Å². The van der Waals surface area contributed by atoms with Crippen LogP contribution in [0, 0.1) is 0 Å². The smallest absolute Gasteiger partial charge is 0.306 e. The molecule has 1 atom stereocenters. The van der Waals surface area contributed by atoms with Crippen LogP contribution in [0.4, 0.5) is 0 Å². The highest BCUT2D eigenvalue weighted by molar-refractivity contribution is 5.71. The van der Waals surface area contributed by atoms with Crippen molar-refractivity contribution in [2.75, 3.05) is 13.2 Å². The zero-order valence-corrected chi connectivity index (χ0v) is 49.4. The molecule has 0 radical (unpaired) electrons. The van der Waals surface area contributed by atoms with Crippen molar-refractivity contribution in [1.29, 1.82) is 0 Å². The first kappa shape index (κ1) is 70.9. The van der Waals surface area contributed by atoms with Crippen molar-refractivity contribution in [3.63, 3.8) is 0 Å². The maximum absolute atomic E-state index is 12.9. The van der Waals surface area contributed by atoms with Crippen molar-refractivity contribution in [2.24, 2.45) is 0 Å². The molecule has 0 aliphatic carbocycles. The number of hydrogen-bond donors (Lipinski definition) is 0. The molecule has 0 N–H and O–H groups in total. The van der Waals surface area contributed by atoms with E-state index in [-0.39, 0.29) is 31.1 Å². The first-order valence-electron chi connectivity index (χ1n) is 32.8. The first-order chi connectivity index (χ1) is 36.0. The molecule has 0 aromatic heterocycles. The van der Waals surface area contributed by atoms with Crippen molar-refractivity contribution in [2.45, 2.75) is 374 Å². The van der Waals surface area contributed by atoms with Gasteiger partial charge in [-0.05, 0) is 44.9 Å². The highest BCUT2D eigenvalue weighted by Gasteiger charge is 2.19. The predicted molar refractivity (Wildman–Crippen MR) is 316 cm³/mol. The zero-order valence-electron chi connectivity index (χ0n) is 49.4. The first-order valence-corrected chi connectivity index (χ1v) is 32.8. The Morgan fingerprint density at radius 2 is 0.521 bits per heavy atom. The highest BCUT2D eigenvalue weighted by Crippen LogP contribution is 2.18. The normalized spacial score (nSPS) is 12.1. The number of rotatable bonds is 61. The maximum atomic E-state index is 12.9. The summed E-state index contributed by atoms with van der Waals surface area (Å²) >= 11 is 0. The van der Waals surface area contributed by atoms with Gasteiger partial charge < -0.3 is 14.2 Å². The average molecular weight is 1030 g/mol. The van der Waals surface area contributed by atoms with Gasteiger partial charge in [0.05, 0.1) is 0 Å². The Balaban J connectivity index is 4.21. The van der Waals surface area contributed by atoms with Crippen LogP contribution in [-0.2, 0) is 28.6 Å². The molecule has 0 amide bonds. The van der Waals surface area contributed by atoms with Crippen LogP contribution in [0.1, 0.15) is 367 Å². The van der Waals surface area contributed by atoms with E-state index in [9.17, 15) is 14.4 Å². The van der Waals surface area contributed by atoms with Crippen LogP contribution >= 0.6 is 0 Å². The van der Waals surface area contributed by atoms with Crippen LogP contribution in [0.2, 0.25) is 0 Å². The summed E-state index contributed by atoms with van der Waals surface area (Å²) in [5.74, 6) is -0.856. The lowest BCUT2D eigenvalue weighted by molar-refractivity contribution is -0.167. The van der Waals surface area contributed by atoms with Crippen LogP contribution in [0.3, 0.4) is 0 Å². The van der Waals surface area contributed by atoms with Crippen LogP contribution in [0.5, 0.6) is 0 Å². The predicted octanol–water partition coefficient (Wildman–Crippen LogP) is 22.2. The molecule has 0 rings (SSSR count). The fraction of sp³-hybridized carbons (Fsp3) is 0.896. The fourth-order valence-electron chi connectivity index (χ4n) is 10.0. The SMILES string of the molecule is CCC/C=C\C/C=C\CCCCCCCC(=O)OCC(COC(=O)CCCCCCCCCCCCCCCCCCCCCCCCCCC)OC(=O)CCCCCCCCCCCCCCCCCCC. The summed E-state index contributed by atoms with van der Waals surface area (Å²) in [6.45, 7) is 6.64. The molecule has 0 aromatic carbocycles. The zero-order chi connectivity index (χ0) is 52.9. The summed E-state index contributed by atoms with van der Waals surface area (Å²) < 4.78 is 16.9. The molecule has 73 heavy (non-hydrogen) atoms. The van der Waals surface area contributed by atoms with E-state index < -0.39 is 6.10 Å². The molecule has 0 aromatic rings. The third kappa shape index (κ3) is 60.6. The van der Waals surface area contributed by atoms with Crippen LogP contribution < -0.4 is 0 Å². The second kappa shape index (κ2) is 62.4. The van der Waals surface area contributed by atoms with Crippen LogP contribution in [0.25, 0.3) is 0 Å². The topological polar surface area (TPSA) is 78.9 Å². The molecule has 6 nitrogen and oxygen atoms in total. The van der Waals surface area contributed by atoms with Gasteiger partial charge in [-0.15, -0.1) is 0 Å². The molecule has 0 saturated carbocycles. The number of esters is 3. The monoisotopic (exact) mass is 1030 g/mol. The maximum Gasteiger partial charge on any atom is 0.306 e. The number of hydrogen-bond acceptors (Lipinski definition) is 6. The van der Waals surface area contributed by atoms with Crippen LogP contribution in [-0.4, -0.2) is 37.2 Å². The summed E-state index contributed by atoms with van der Waals surface area (Å²) in [5.41, 5.74) is 0. The van der Waals surface area contributed by atoms with Gasteiger partial charge in [-0.3, -0.25) is 14.4 Å². The standard InChI is InChI=1S/C67H126O6/c1-4-7-10-13-16-19-22-25-27-29-30-31-32-33-34-35-36-38-39-42-45-48-51-54-57-60-66(69)72-63-64(62-71-65(68)59-56-53-50-47-44-41-24-21-18-15-12-9-6-3)73-67(70)61-58-55-52-49-46-43-40-37-28-26-23-20-17-14-11-8-5-2/h12,15,21,24,64H,4-11,13-14,16-20,22-23,25-63H2,1-3H3/b15-12-,24-21-. The van der Waals surface area contributed by atoms with Crippen molar-refractivity contribution >= 4 is 17.9 Å². The van der Waals surface area contributed by atoms with Gasteiger partial charge in [0, 0.05) is 19.3 Å². The second-order valence-electron chi connectivity index (χ2n) is 22.4. The summed E-state index contributed by atoms with van der Waals surface area (Å²) in [5, 5.41) is 0. The van der Waals surface area contributed by atoms with E-state index >= 15 is 0 Å². The lowest BCUT2D eigenvalue weighted by Crippen LogP contribution is -2.30. The fourth-order valence-corrected chi connectivity index (χ4v) is 10.0.